The van der Waals surface area contributed by atoms with E-state index in [4.69, 9.17) is 0 Å². The third-order valence-electron chi connectivity index (χ3n) is 0.807. The molecule has 0 spiro atoms. The molecule has 1 aromatic heterocycles. The van der Waals surface area contributed by atoms with Crippen LogP contribution in [0.3, 0.4) is 0 Å². The fourth-order valence-corrected chi connectivity index (χ4v) is 0.325. The van der Waals surface area contributed by atoms with E-state index in [1.807, 2.05) is 0 Å². The summed E-state index contributed by atoms with van der Waals surface area (Å²) in [5, 5.41) is 0. The van der Waals surface area contributed by atoms with Crippen LogP contribution >= 0.6 is 0 Å². The lowest BCUT2D eigenvalue weighted by molar-refractivity contribution is -0.113. The molecular weight excluding hydrogens is 158 g/mol. The molecule has 4 nitrogen and oxygen atoms in total. The van der Waals surface area contributed by atoms with Gasteiger partial charge in [0.05, 0.1) is 6.26 Å². The summed E-state index contributed by atoms with van der Waals surface area (Å²) >= 11 is 0. The molecule has 0 bridgehead atoms. The zero-order valence-corrected chi connectivity index (χ0v) is 6.40. The van der Waals surface area contributed by atoms with Crippen LogP contribution in [0.25, 0.3) is 0 Å². The van der Waals surface area contributed by atoms with Gasteiger partial charge in [-0.2, -0.15) is 0 Å². The summed E-state index contributed by atoms with van der Waals surface area (Å²) in [6.45, 7) is 3.09. The van der Waals surface area contributed by atoms with Gasteiger partial charge in [-0.15, -0.1) is 0 Å². The van der Waals surface area contributed by atoms with Crippen LogP contribution in [0, 0.1) is 0 Å². The quantitative estimate of drug-likeness (QED) is 0.611. The molecule has 0 atom stereocenters. The number of carbonyl (C=O) groups excluding carboxylic acids is 1. The molecule has 0 aromatic carbocycles. The topological polar surface area (TPSA) is 73.3 Å². The largest absolute Gasteiger partial charge is 0.431 e. The molecule has 12 heavy (non-hydrogen) atoms. The normalized spacial score (nSPS) is 7.67. The van der Waals surface area contributed by atoms with Gasteiger partial charge < -0.3 is 10.2 Å². The highest BCUT2D eigenvalue weighted by atomic mass is 16.4. The predicted octanol–water partition coefficient (Wildman–Crippen LogP) is 0.297. The van der Waals surface area contributed by atoms with Gasteiger partial charge in [0.2, 0.25) is 5.91 Å². The summed E-state index contributed by atoms with van der Waals surface area (Å²) in [5.41, 5.74) is 4.23. The molecule has 1 aromatic rings. The fourth-order valence-electron chi connectivity index (χ4n) is 0.325. The van der Waals surface area contributed by atoms with Gasteiger partial charge in [0.15, 0.2) is 0 Å². The Balaban J connectivity index is 0.000000217. The van der Waals surface area contributed by atoms with Gasteiger partial charge in [0.25, 0.3) is 0 Å². The maximum atomic E-state index is 10.1. The van der Waals surface area contributed by atoms with E-state index in [9.17, 15) is 9.59 Å². The van der Waals surface area contributed by atoms with E-state index in [1.54, 1.807) is 12.1 Å². The van der Waals surface area contributed by atoms with Crippen molar-refractivity contribution in [3.05, 3.63) is 47.5 Å². The maximum absolute atomic E-state index is 10.1. The van der Waals surface area contributed by atoms with Gasteiger partial charge in [-0.25, -0.2) is 4.79 Å². The molecule has 0 aliphatic carbocycles. The average Bonchev–Trinajstić information content (AvgIpc) is 2.07. The Morgan fingerprint density at radius 2 is 2.17 bits per heavy atom. The molecule has 1 heterocycles. The van der Waals surface area contributed by atoms with Crippen molar-refractivity contribution in [2.45, 2.75) is 0 Å². The lowest BCUT2D eigenvalue weighted by Gasteiger charge is -1.72. The van der Waals surface area contributed by atoms with Gasteiger partial charge in [-0.05, 0) is 12.1 Å². The maximum Gasteiger partial charge on any atom is 0.335 e. The van der Waals surface area contributed by atoms with Crippen LogP contribution in [0.1, 0.15) is 0 Å². The van der Waals surface area contributed by atoms with Crippen molar-refractivity contribution in [3.8, 4) is 0 Å². The molecule has 1 rings (SSSR count). The first kappa shape index (κ1) is 10.2. The number of hydrogen-bond acceptors (Lipinski definition) is 3. The highest BCUT2D eigenvalue weighted by Crippen LogP contribution is 1.72. The molecule has 2 N–H and O–H groups in total. The highest BCUT2D eigenvalue weighted by molar-refractivity contribution is 5.84. The molecule has 0 unspecified atom stereocenters. The van der Waals surface area contributed by atoms with E-state index in [1.165, 1.54) is 12.3 Å². The Kier molecular flexibility index (Phi) is 5.00. The number of amides is 1. The zero-order valence-electron chi connectivity index (χ0n) is 6.40. The Bertz CT molecular complexity index is 286. The standard InChI is InChI=1S/C5H4O2.C3H5NO/c6-5-3-1-2-4-7-5;1-2-3(4)5/h1-4H;2H,1H2,(H2,4,5). The summed E-state index contributed by atoms with van der Waals surface area (Å²) < 4.78 is 4.37. The molecule has 4 heteroatoms. The van der Waals surface area contributed by atoms with Crippen molar-refractivity contribution in [1.82, 2.24) is 0 Å². The SMILES string of the molecule is C=CC(N)=O.O=c1cccco1. The summed E-state index contributed by atoms with van der Waals surface area (Å²) in [5.74, 6) is -0.481. The Morgan fingerprint density at radius 1 is 1.58 bits per heavy atom. The Hall–Kier alpha value is -1.84. The number of primary amides is 1. The van der Waals surface area contributed by atoms with Crippen molar-refractivity contribution in [2.75, 3.05) is 0 Å². The van der Waals surface area contributed by atoms with Gasteiger partial charge in [-0.1, -0.05) is 12.6 Å². The van der Waals surface area contributed by atoms with Crippen LogP contribution in [-0.2, 0) is 4.79 Å². The summed E-state index contributed by atoms with van der Waals surface area (Å²) in [4.78, 5) is 19.6. The van der Waals surface area contributed by atoms with Gasteiger partial charge in [0, 0.05) is 6.07 Å². The molecule has 0 saturated carbocycles. The minimum Gasteiger partial charge on any atom is -0.431 e. The highest BCUT2D eigenvalue weighted by Gasteiger charge is 1.72. The second kappa shape index (κ2) is 5.91. The minimum atomic E-state index is -0.481. The molecule has 64 valence electrons. The Morgan fingerprint density at radius 3 is 2.33 bits per heavy atom. The van der Waals surface area contributed by atoms with E-state index < -0.39 is 5.91 Å². The Labute approximate surface area is 69.3 Å². The van der Waals surface area contributed by atoms with Crippen LogP contribution in [0.15, 0.2) is 46.3 Å². The lowest BCUT2D eigenvalue weighted by Crippen LogP contribution is -2.04. The van der Waals surface area contributed by atoms with Crippen LogP contribution < -0.4 is 11.4 Å². The molecule has 0 fully saturated rings. The second-order valence-electron chi connectivity index (χ2n) is 1.73. The number of rotatable bonds is 1. The summed E-state index contributed by atoms with van der Waals surface area (Å²) in [6, 6.07) is 4.65. The third-order valence-corrected chi connectivity index (χ3v) is 0.807. The monoisotopic (exact) mass is 167 g/mol. The van der Waals surface area contributed by atoms with Crippen molar-refractivity contribution in [3.63, 3.8) is 0 Å². The number of carbonyl (C=O) groups is 1. The third kappa shape index (κ3) is 6.28. The molecule has 0 radical (unpaired) electrons. The van der Waals surface area contributed by atoms with E-state index >= 15 is 0 Å². The zero-order chi connectivity index (χ0) is 9.40. The van der Waals surface area contributed by atoms with E-state index in [0.29, 0.717) is 0 Å². The predicted molar refractivity (Wildman–Crippen MR) is 44.4 cm³/mol. The van der Waals surface area contributed by atoms with Crippen molar-refractivity contribution >= 4 is 5.91 Å². The van der Waals surface area contributed by atoms with Crippen molar-refractivity contribution < 1.29 is 9.21 Å². The van der Waals surface area contributed by atoms with Crippen LogP contribution in [-0.4, -0.2) is 5.91 Å². The first-order valence-electron chi connectivity index (χ1n) is 3.12. The van der Waals surface area contributed by atoms with E-state index in [-0.39, 0.29) is 5.63 Å². The summed E-state index contributed by atoms with van der Waals surface area (Å²) in [7, 11) is 0. The first-order valence-corrected chi connectivity index (χ1v) is 3.12. The number of nitrogens with two attached hydrogens (primary N) is 1. The molecule has 0 aliphatic rings. The number of hydrogen-bond donors (Lipinski definition) is 1. The second-order valence-corrected chi connectivity index (χ2v) is 1.73. The van der Waals surface area contributed by atoms with Crippen molar-refractivity contribution in [1.29, 1.82) is 0 Å². The van der Waals surface area contributed by atoms with Gasteiger partial charge in [0.1, 0.15) is 0 Å². The van der Waals surface area contributed by atoms with Crippen LogP contribution in [0.5, 0.6) is 0 Å². The van der Waals surface area contributed by atoms with E-state index in [2.05, 4.69) is 16.7 Å². The van der Waals surface area contributed by atoms with Crippen LogP contribution in [0.2, 0.25) is 0 Å². The van der Waals surface area contributed by atoms with Gasteiger partial charge >= 0.3 is 5.63 Å². The molecule has 1 amide bonds. The molecule has 0 aliphatic heterocycles. The van der Waals surface area contributed by atoms with Crippen LogP contribution in [0.4, 0.5) is 0 Å². The van der Waals surface area contributed by atoms with Crippen molar-refractivity contribution in [2.24, 2.45) is 5.73 Å². The molecule has 0 saturated heterocycles. The average molecular weight is 167 g/mol. The lowest BCUT2D eigenvalue weighted by atomic mass is 10.5. The smallest absolute Gasteiger partial charge is 0.335 e. The van der Waals surface area contributed by atoms with Gasteiger partial charge in [-0.3, -0.25) is 4.79 Å². The summed E-state index contributed by atoms with van der Waals surface area (Å²) in [6.07, 6.45) is 2.41. The van der Waals surface area contributed by atoms with E-state index in [0.717, 1.165) is 6.08 Å². The minimum absolute atomic E-state index is 0.303. The first-order chi connectivity index (χ1) is 5.66. The molecular formula is C8H9NO3. The fraction of sp³-hybridized carbons (Fsp3) is 0.